The SMILES string of the molecule is COC(=O)[C@H]1O[C@@H](Oc2cc(O)c3c(c2)/C=C/CCCC(O)CCC[C@H](C)OC3=O)[C@H](OC(C)=O)[C@@H](OC(C)=O)[C@@H]1OC(C)=O. The van der Waals surface area contributed by atoms with Gasteiger partial charge in [0.15, 0.2) is 18.3 Å². The van der Waals surface area contributed by atoms with Crippen LogP contribution in [0.3, 0.4) is 0 Å². The number of ether oxygens (including phenoxy) is 7. The molecule has 2 aliphatic heterocycles. The number of cyclic esters (lactones) is 1. The van der Waals surface area contributed by atoms with Crippen molar-refractivity contribution >= 4 is 35.9 Å². The number of phenolic OH excluding ortho intramolecular Hbond substituents is 1. The van der Waals surface area contributed by atoms with E-state index in [9.17, 15) is 34.2 Å². The number of benzene rings is 1. The number of aliphatic hydroxyl groups excluding tert-OH is 1. The van der Waals surface area contributed by atoms with Gasteiger partial charge in [0, 0.05) is 26.8 Å². The number of esters is 5. The van der Waals surface area contributed by atoms with Crippen LogP contribution >= 0.6 is 0 Å². The van der Waals surface area contributed by atoms with Crippen molar-refractivity contribution in [1.29, 1.82) is 0 Å². The molecule has 2 N–H and O–H groups in total. The Balaban J connectivity index is 2.05. The fourth-order valence-electron chi connectivity index (χ4n) is 5.12. The average molecular weight is 637 g/mol. The van der Waals surface area contributed by atoms with Crippen molar-refractivity contribution in [2.75, 3.05) is 7.11 Å². The number of carbonyl (C=O) groups is 5. The van der Waals surface area contributed by atoms with Gasteiger partial charge >= 0.3 is 29.8 Å². The van der Waals surface area contributed by atoms with E-state index in [1.807, 2.05) is 0 Å². The molecule has 0 spiro atoms. The molecular weight excluding hydrogens is 596 g/mol. The number of fused-ring (bicyclic) bond motifs is 1. The van der Waals surface area contributed by atoms with Gasteiger partial charge in [0.1, 0.15) is 17.1 Å². The molecule has 2 heterocycles. The lowest BCUT2D eigenvalue weighted by Gasteiger charge is -2.43. The summed E-state index contributed by atoms with van der Waals surface area (Å²) in [5, 5.41) is 21.2. The monoisotopic (exact) mass is 636 g/mol. The van der Waals surface area contributed by atoms with E-state index < -0.39 is 78.5 Å². The van der Waals surface area contributed by atoms with Gasteiger partial charge in [0.05, 0.1) is 19.3 Å². The summed E-state index contributed by atoms with van der Waals surface area (Å²) < 4.78 is 38.1. The Morgan fingerprint density at radius 2 is 1.51 bits per heavy atom. The maximum absolute atomic E-state index is 13.1. The lowest BCUT2D eigenvalue weighted by atomic mass is 9.97. The van der Waals surface area contributed by atoms with Gasteiger partial charge < -0.3 is 43.4 Å². The molecule has 0 radical (unpaired) electrons. The molecule has 1 saturated heterocycles. The second kappa shape index (κ2) is 16.2. The smallest absolute Gasteiger partial charge is 0.342 e. The Morgan fingerprint density at radius 3 is 2.16 bits per heavy atom. The lowest BCUT2D eigenvalue weighted by Crippen LogP contribution is -2.64. The summed E-state index contributed by atoms with van der Waals surface area (Å²) in [7, 11) is 1.06. The van der Waals surface area contributed by atoms with E-state index in [1.165, 1.54) is 6.07 Å². The maximum atomic E-state index is 13.1. The minimum absolute atomic E-state index is 0.0911. The van der Waals surface area contributed by atoms with Crippen LogP contribution in [0.25, 0.3) is 6.08 Å². The van der Waals surface area contributed by atoms with Crippen LogP contribution in [0.1, 0.15) is 82.1 Å². The Bertz CT molecular complexity index is 1270. The highest BCUT2D eigenvalue weighted by molar-refractivity contribution is 5.97. The van der Waals surface area contributed by atoms with Crippen LogP contribution in [0.2, 0.25) is 0 Å². The van der Waals surface area contributed by atoms with E-state index >= 15 is 0 Å². The summed E-state index contributed by atoms with van der Waals surface area (Å²) in [6.07, 6.45) is -2.07. The van der Waals surface area contributed by atoms with Gasteiger partial charge in [-0.25, -0.2) is 9.59 Å². The van der Waals surface area contributed by atoms with Crippen LogP contribution in [0.4, 0.5) is 0 Å². The van der Waals surface area contributed by atoms with Crippen LogP contribution in [0.5, 0.6) is 11.5 Å². The number of hydrogen-bond acceptors (Lipinski definition) is 14. The number of carbonyl (C=O) groups excluding carboxylic acids is 5. The second-order valence-corrected chi connectivity index (χ2v) is 10.8. The van der Waals surface area contributed by atoms with Crippen molar-refractivity contribution in [3.05, 3.63) is 29.3 Å². The predicted molar refractivity (Wildman–Crippen MR) is 154 cm³/mol. The molecule has 1 aromatic carbocycles. The molecule has 7 atom stereocenters. The number of aromatic hydroxyl groups is 1. The van der Waals surface area contributed by atoms with Crippen LogP contribution in [-0.4, -0.2) is 90.1 Å². The molecule has 1 aromatic rings. The number of hydrogen-bond donors (Lipinski definition) is 2. The van der Waals surface area contributed by atoms with Crippen molar-refractivity contribution in [3.8, 4) is 11.5 Å². The topological polar surface area (TPSA) is 190 Å². The van der Waals surface area contributed by atoms with E-state index in [4.69, 9.17) is 33.2 Å². The molecule has 14 nitrogen and oxygen atoms in total. The van der Waals surface area contributed by atoms with Crippen LogP contribution in [0, 0.1) is 0 Å². The molecule has 0 aliphatic carbocycles. The van der Waals surface area contributed by atoms with Gasteiger partial charge in [-0.1, -0.05) is 12.2 Å². The zero-order valence-electron chi connectivity index (χ0n) is 25.9. The first-order valence-electron chi connectivity index (χ1n) is 14.6. The van der Waals surface area contributed by atoms with Gasteiger partial charge in [-0.15, -0.1) is 0 Å². The molecule has 248 valence electrons. The first kappa shape index (κ1) is 35.3. The van der Waals surface area contributed by atoms with Gasteiger partial charge in [0.25, 0.3) is 0 Å². The zero-order chi connectivity index (χ0) is 33.3. The third-order valence-corrected chi connectivity index (χ3v) is 7.07. The van der Waals surface area contributed by atoms with Crippen molar-refractivity contribution < 1.29 is 67.3 Å². The van der Waals surface area contributed by atoms with Crippen LogP contribution in [-0.2, 0) is 47.6 Å². The summed E-state index contributed by atoms with van der Waals surface area (Å²) >= 11 is 0. The molecule has 0 bridgehead atoms. The normalized spacial score (nSPS) is 28.2. The predicted octanol–water partition coefficient (Wildman–Crippen LogP) is 2.74. The van der Waals surface area contributed by atoms with Crippen LogP contribution < -0.4 is 4.74 Å². The quantitative estimate of drug-likeness (QED) is 0.342. The van der Waals surface area contributed by atoms with Crippen molar-refractivity contribution in [1.82, 2.24) is 0 Å². The van der Waals surface area contributed by atoms with Crippen molar-refractivity contribution in [2.24, 2.45) is 0 Å². The van der Waals surface area contributed by atoms with E-state index in [0.717, 1.165) is 33.9 Å². The molecule has 0 aromatic heterocycles. The Hall–Kier alpha value is -4.17. The van der Waals surface area contributed by atoms with Crippen molar-refractivity contribution in [3.63, 3.8) is 0 Å². The fourth-order valence-corrected chi connectivity index (χ4v) is 5.12. The highest BCUT2D eigenvalue weighted by atomic mass is 16.7. The van der Waals surface area contributed by atoms with Gasteiger partial charge in [0.2, 0.25) is 12.4 Å². The standard InChI is InChI=1S/C31H40O14/c1-16-10-9-13-21(35)12-8-6-7-11-20-14-22(15-23(36)24(20)29(37)40-16)44-31-28(43-19(4)34)26(42-18(3)33)25(41-17(2)32)27(45-31)30(38)39-5/h7,11,14-16,21,25-28,31,35-36H,6,8-10,12-13H2,1-5H3/b11-7+/t16-,21?,25-,26-,27-,28+,31+/m0/s1. The van der Waals surface area contributed by atoms with Crippen LogP contribution in [0.15, 0.2) is 18.2 Å². The number of phenols is 1. The second-order valence-electron chi connectivity index (χ2n) is 10.8. The largest absolute Gasteiger partial charge is 0.507 e. The molecule has 1 unspecified atom stereocenters. The van der Waals surface area contributed by atoms with E-state index in [2.05, 4.69) is 0 Å². The Morgan fingerprint density at radius 1 is 0.889 bits per heavy atom. The van der Waals surface area contributed by atoms with Gasteiger partial charge in [-0.3, -0.25) is 14.4 Å². The highest BCUT2D eigenvalue weighted by Gasteiger charge is 2.56. The summed E-state index contributed by atoms with van der Waals surface area (Å²) in [5.41, 5.74) is 0.0993. The minimum atomic E-state index is -1.68. The molecule has 0 amide bonds. The molecule has 0 saturated carbocycles. The third kappa shape index (κ3) is 9.91. The molecule has 1 fully saturated rings. The summed E-state index contributed by atoms with van der Waals surface area (Å²) in [6.45, 7) is 4.91. The van der Waals surface area contributed by atoms with Crippen molar-refractivity contribution in [2.45, 2.75) is 109 Å². The summed E-state index contributed by atoms with van der Waals surface area (Å²) in [6, 6.07) is 2.51. The lowest BCUT2D eigenvalue weighted by molar-refractivity contribution is -0.282. The average Bonchev–Trinajstić information content (AvgIpc) is 2.93. The highest BCUT2D eigenvalue weighted by Crippen LogP contribution is 2.35. The summed E-state index contributed by atoms with van der Waals surface area (Å²) in [4.78, 5) is 61.9. The summed E-state index contributed by atoms with van der Waals surface area (Å²) in [5.74, 6) is -4.92. The molecule has 45 heavy (non-hydrogen) atoms. The van der Waals surface area contributed by atoms with E-state index in [1.54, 1.807) is 19.1 Å². The third-order valence-electron chi connectivity index (χ3n) is 7.07. The fraction of sp³-hybridized carbons (Fsp3) is 0.581. The zero-order valence-corrected chi connectivity index (χ0v) is 25.9. The van der Waals surface area contributed by atoms with E-state index in [-0.39, 0.29) is 16.9 Å². The molecule has 14 heteroatoms. The molecular formula is C31H40O14. The van der Waals surface area contributed by atoms with E-state index in [0.29, 0.717) is 38.5 Å². The minimum Gasteiger partial charge on any atom is -0.507 e. The molecule has 3 rings (SSSR count). The number of rotatable bonds is 6. The Kier molecular flexibility index (Phi) is 12.7. The van der Waals surface area contributed by atoms with Gasteiger partial charge in [-0.05, 0) is 57.1 Å². The van der Waals surface area contributed by atoms with Gasteiger partial charge in [-0.2, -0.15) is 0 Å². The first-order chi connectivity index (χ1) is 21.3. The Labute approximate surface area is 260 Å². The first-order valence-corrected chi connectivity index (χ1v) is 14.6. The number of allylic oxidation sites excluding steroid dienone is 1. The number of methoxy groups -OCH3 is 1. The maximum Gasteiger partial charge on any atom is 0.342 e. The number of aliphatic hydroxyl groups is 1. The molecule has 2 aliphatic rings.